The van der Waals surface area contributed by atoms with E-state index in [-0.39, 0.29) is 13.0 Å². The highest BCUT2D eigenvalue weighted by Crippen LogP contribution is 2.15. The molecule has 0 spiro atoms. The number of amides is 1. The van der Waals surface area contributed by atoms with Crippen LogP contribution in [0.5, 0.6) is 0 Å². The van der Waals surface area contributed by atoms with E-state index in [1.807, 2.05) is 12.2 Å². The summed E-state index contributed by atoms with van der Waals surface area (Å²) in [4.78, 5) is 12.4. The lowest BCUT2D eigenvalue weighted by Gasteiger charge is -2.23. The van der Waals surface area contributed by atoms with E-state index in [4.69, 9.17) is 0 Å². The van der Waals surface area contributed by atoms with E-state index >= 15 is 0 Å². The van der Waals surface area contributed by atoms with Crippen LogP contribution in [0.15, 0.2) is 24.3 Å². The van der Waals surface area contributed by atoms with Crippen LogP contribution in [-0.2, 0) is 4.79 Å². The van der Waals surface area contributed by atoms with Crippen LogP contribution in [0.2, 0.25) is 0 Å². The number of rotatable bonds is 33. The molecule has 0 bridgehead atoms. The Labute approximate surface area is 267 Å². The second kappa shape index (κ2) is 33.7. The molecule has 0 heterocycles. The molecule has 4 N–H and O–H groups in total. The molecule has 0 aromatic rings. The number of hydrogen-bond acceptors (Lipinski definition) is 4. The highest BCUT2D eigenvalue weighted by Gasteiger charge is 2.23. The fourth-order valence-electron chi connectivity index (χ4n) is 5.59. The molecular formula is C38H73NO4. The molecule has 0 fully saturated rings. The molecule has 0 aromatic carbocycles. The summed E-state index contributed by atoms with van der Waals surface area (Å²) in [6.07, 6.45) is 38.9. The molecule has 0 radical (unpaired) electrons. The van der Waals surface area contributed by atoms with Gasteiger partial charge in [-0.05, 0) is 25.7 Å². The van der Waals surface area contributed by atoms with Crippen LogP contribution >= 0.6 is 0 Å². The lowest BCUT2D eigenvalue weighted by Crippen LogP contribution is -2.49. The Morgan fingerprint density at radius 3 is 1.47 bits per heavy atom. The van der Waals surface area contributed by atoms with E-state index in [0.29, 0.717) is 6.42 Å². The molecule has 0 saturated heterocycles. The summed E-state index contributed by atoms with van der Waals surface area (Å²) in [6, 6.07) is -0.739. The molecule has 3 unspecified atom stereocenters. The van der Waals surface area contributed by atoms with Crippen LogP contribution in [0.3, 0.4) is 0 Å². The Morgan fingerprint density at radius 2 is 1.00 bits per heavy atom. The van der Waals surface area contributed by atoms with Gasteiger partial charge in [0.2, 0.25) is 5.91 Å². The number of nitrogens with one attached hydrogen (secondary N) is 1. The minimum absolute atomic E-state index is 0.227. The zero-order chi connectivity index (χ0) is 31.6. The summed E-state index contributed by atoms with van der Waals surface area (Å²) in [5, 5.41) is 33.0. The number of unbranched alkanes of at least 4 members (excludes halogenated alkanes) is 22. The first kappa shape index (κ1) is 41.8. The SMILES string of the molecule is CCCCCCCC/C=C\C/C=C\CC(O)C(=O)NC(CO)C(O)CCCCCCCCCCCCCCCCCCC. The lowest BCUT2D eigenvalue weighted by molar-refractivity contribution is -0.131. The third-order valence-electron chi connectivity index (χ3n) is 8.58. The fourth-order valence-corrected chi connectivity index (χ4v) is 5.59. The van der Waals surface area contributed by atoms with Crippen molar-refractivity contribution in [2.75, 3.05) is 6.61 Å². The zero-order valence-electron chi connectivity index (χ0n) is 28.6. The number of carbonyl (C=O) groups excluding carboxylic acids is 1. The number of aliphatic hydroxyl groups excluding tert-OH is 3. The Bertz CT molecular complexity index is 635. The van der Waals surface area contributed by atoms with Crippen molar-refractivity contribution >= 4 is 5.91 Å². The first-order chi connectivity index (χ1) is 21.1. The van der Waals surface area contributed by atoms with Crippen LogP contribution in [0.25, 0.3) is 0 Å². The van der Waals surface area contributed by atoms with Gasteiger partial charge < -0.3 is 20.6 Å². The van der Waals surface area contributed by atoms with Crippen molar-refractivity contribution in [2.24, 2.45) is 0 Å². The van der Waals surface area contributed by atoms with Crippen LogP contribution < -0.4 is 5.32 Å². The third-order valence-corrected chi connectivity index (χ3v) is 8.58. The van der Waals surface area contributed by atoms with Gasteiger partial charge in [0.1, 0.15) is 6.10 Å². The van der Waals surface area contributed by atoms with Crippen LogP contribution in [0, 0.1) is 0 Å². The van der Waals surface area contributed by atoms with E-state index in [9.17, 15) is 20.1 Å². The minimum Gasteiger partial charge on any atom is -0.394 e. The molecule has 0 aromatic heterocycles. The number of hydrogen-bond donors (Lipinski definition) is 4. The molecule has 0 aliphatic rings. The highest BCUT2D eigenvalue weighted by molar-refractivity contribution is 5.81. The molecule has 254 valence electrons. The van der Waals surface area contributed by atoms with Gasteiger partial charge in [0.05, 0.1) is 18.8 Å². The minimum atomic E-state index is -1.18. The van der Waals surface area contributed by atoms with Crippen molar-refractivity contribution in [3.05, 3.63) is 24.3 Å². The molecule has 1 amide bonds. The summed E-state index contributed by atoms with van der Waals surface area (Å²) in [5.41, 5.74) is 0. The van der Waals surface area contributed by atoms with Gasteiger partial charge in [-0.2, -0.15) is 0 Å². The lowest BCUT2D eigenvalue weighted by atomic mass is 10.0. The van der Waals surface area contributed by atoms with Crippen LogP contribution in [0.4, 0.5) is 0 Å². The molecule has 43 heavy (non-hydrogen) atoms. The average molecular weight is 608 g/mol. The van der Waals surface area contributed by atoms with Gasteiger partial charge in [-0.1, -0.05) is 179 Å². The van der Waals surface area contributed by atoms with Gasteiger partial charge in [0.15, 0.2) is 0 Å². The zero-order valence-corrected chi connectivity index (χ0v) is 28.6. The molecule has 5 nitrogen and oxygen atoms in total. The molecule has 0 saturated carbocycles. The van der Waals surface area contributed by atoms with Crippen molar-refractivity contribution in [3.8, 4) is 0 Å². The fraction of sp³-hybridized carbons (Fsp3) is 0.868. The Balaban J connectivity index is 3.74. The number of aliphatic hydroxyl groups is 3. The van der Waals surface area contributed by atoms with E-state index in [2.05, 4.69) is 31.3 Å². The molecule has 0 aliphatic carbocycles. The topological polar surface area (TPSA) is 89.8 Å². The summed E-state index contributed by atoms with van der Waals surface area (Å²) >= 11 is 0. The average Bonchev–Trinajstić information content (AvgIpc) is 3.01. The van der Waals surface area contributed by atoms with Crippen LogP contribution in [-0.4, -0.2) is 46.1 Å². The van der Waals surface area contributed by atoms with Gasteiger partial charge in [-0.3, -0.25) is 4.79 Å². The van der Waals surface area contributed by atoms with Crippen molar-refractivity contribution in [1.29, 1.82) is 0 Å². The highest BCUT2D eigenvalue weighted by atomic mass is 16.3. The maximum atomic E-state index is 12.4. The first-order valence-electron chi connectivity index (χ1n) is 18.6. The Morgan fingerprint density at radius 1 is 0.581 bits per heavy atom. The maximum Gasteiger partial charge on any atom is 0.249 e. The van der Waals surface area contributed by atoms with Crippen molar-refractivity contribution < 1.29 is 20.1 Å². The summed E-state index contributed by atoms with van der Waals surface area (Å²) in [5.74, 6) is -0.538. The van der Waals surface area contributed by atoms with Crippen molar-refractivity contribution in [1.82, 2.24) is 5.32 Å². The van der Waals surface area contributed by atoms with Crippen molar-refractivity contribution in [3.63, 3.8) is 0 Å². The van der Waals surface area contributed by atoms with Gasteiger partial charge >= 0.3 is 0 Å². The Kier molecular flexibility index (Phi) is 32.8. The quantitative estimate of drug-likeness (QED) is 0.0441. The van der Waals surface area contributed by atoms with Gasteiger partial charge in [-0.15, -0.1) is 0 Å². The molecule has 0 rings (SSSR count). The van der Waals surface area contributed by atoms with E-state index < -0.39 is 24.2 Å². The second-order valence-corrected chi connectivity index (χ2v) is 12.8. The van der Waals surface area contributed by atoms with Crippen molar-refractivity contribution in [2.45, 2.75) is 205 Å². The molecule has 5 heteroatoms. The normalized spacial score (nSPS) is 14.1. The van der Waals surface area contributed by atoms with E-state index in [0.717, 1.165) is 25.7 Å². The monoisotopic (exact) mass is 608 g/mol. The summed E-state index contributed by atoms with van der Waals surface area (Å²) in [7, 11) is 0. The third kappa shape index (κ3) is 29.3. The summed E-state index contributed by atoms with van der Waals surface area (Å²) < 4.78 is 0. The number of allylic oxidation sites excluding steroid dienone is 3. The largest absolute Gasteiger partial charge is 0.394 e. The van der Waals surface area contributed by atoms with Gasteiger partial charge in [0, 0.05) is 6.42 Å². The molecule has 3 atom stereocenters. The van der Waals surface area contributed by atoms with Crippen LogP contribution in [0.1, 0.15) is 187 Å². The van der Waals surface area contributed by atoms with Gasteiger partial charge in [-0.25, -0.2) is 0 Å². The Hall–Kier alpha value is -1.17. The maximum absolute atomic E-state index is 12.4. The second-order valence-electron chi connectivity index (χ2n) is 12.8. The van der Waals surface area contributed by atoms with Gasteiger partial charge in [0.25, 0.3) is 0 Å². The molecule has 0 aliphatic heterocycles. The smallest absolute Gasteiger partial charge is 0.249 e. The number of carbonyl (C=O) groups is 1. The first-order valence-corrected chi connectivity index (χ1v) is 18.6. The van der Waals surface area contributed by atoms with E-state index in [1.165, 1.54) is 135 Å². The molecular weight excluding hydrogens is 534 g/mol. The predicted molar refractivity (Wildman–Crippen MR) is 185 cm³/mol. The van der Waals surface area contributed by atoms with E-state index in [1.54, 1.807) is 0 Å². The summed E-state index contributed by atoms with van der Waals surface area (Å²) in [6.45, 7) is 4.18. The standard InChI is InChI=1S/C38H73NO4/c1-3-5-7-9-11-13-15-17-18-19-20-21-23-24-26-28-30-32-36(41)35(34-40)39-38(43)37(42)33-31-29-27-25-22-16-14-12-10-8-6-4-2/h22,25,29,31,35-37,40-42H,3-21,23-24,26-28,30,32-34H2,1-2H3,(H,39,43)/b25-22-,31-29-. The predicted octanol–water partition coefficient (Wildman–Crippen LogP) is 9.87.